The Morgan fingerprint density at radius 3 is 2.46 bits per heavy atom. The molecule has 3 atom stereocenters. The third kappa shape index (κ3) is 6.32. The molecule has 1 N–H and O–H groups in total. The van der Waals surface area contributed by atoms with Crippen LogP contribution in [0.15, 0.2) is 79.0 Å². The van der Waals surface area contributed by atoms with Gasteiger partial charge >= 0.3 is 0 Å². The van der Waals surface area contributed by atoms with Crippen LogP contribution in [0.1, 0.15) is 60.0 Å². The fourth-order valence-electron chi connectivity index (χ4n) is 7.20. The van der Waals surface area contributed by atoms with E-state index < -0.39 is 0 Å². The average molecular weight is 570 g/mol. The number of piperidine rings is 1. The van der Waals surface area contributed by atoms with Crippen LogP contribution in [0.4, 0.5) is 0 Å². The number of nitrogens with one attached hydrogen (secondary N) is 1. The highest BCUT2D eigenvalue weighted by molar-refractivity contribution is 6.30. The van der Waals surface area contributed by atoms with Gasteiger partial charge in [0.2, 0.25) is 0 Å². The molecule has 1 aromatic heterocycles. The summed E-state index contributed by atoms with van der Waals surface area (Å²) >= 11 is 6.13. The largest absolute Gasteiger partial charge is 0.495 e. The van der Waals surface area contributed by atoms with Gasteiger partial charge in [0.1, 0.15) is 5.75 Å². The second-order valence-electron chi connectivity index (χ2n) is 11.7. The van der Waals surface area contributed by atoms with E-state index in [-0.39, 0.29) is 5.91 Å². The molecule has 3 aromatic carbocycles. The SMILES string of the molecule is COc1cccc2c(C(=O)NCc3cccc(Cl)c3)cn(CCCN3[C@@H]4CC[C@H]3C[C@@H](CCc3ccccc3)C4)c12. The lowest BCUT2D eigenvalue weighted by Crippen LogP contribution is -2.43. The van der Waals surface area contributed by atoms with Crippen LogP contribution in [0.3, 0.4) is 0 Å². The number of halogens is 1. The lowest BCUT2D eigenvalue weighted by molar-refractivity contribution is 0.0952. The zero-order valence-electron chi connectivity index (χ0n) is 23.9. The van der Waals surface area contributed by atoms with E-state index in [1.807, 2.05) is 48.7 Å². The molecule has 6 heteroatoms. The van der Waals surface area contributed by atoms with Crippen LogP contribution < -0.4 is 10.1 Å². The summed E-state index contributed by atoms with van der Waals surface area (Å²) in [5, 5.41) is 4.67. The Hall–Kier alpha value is -3.28. The van der Waals surface area contributed by atoms with Crippen molar-refractivity contribution < 1.29 is 9.53 Å². The quantitative estimate of drug-likeness (QED) is 0.203. The molecule has 0 spiro atoms. The molecule has 3 heterocycles. The highest BCUT2D eigenvalue weighted by atomic mass is 35.5. The van der Waals surface area contributed by atoms with Crippen LogP contribution in [0, 0.1) is 5.92 Å². The van der Waals surface area contributed by atoms with E-state index in [0.717, 1.165) is 59.7 Å². The van der Waals surface area contributed by atoms with E-state index in [2.05, 4.69) is 45.1 Å². The number of hydrogen-bond donors (Lipinski definition) is 1. The van der Waals surface area contributed by atoms with Crippen LogP contribution in [0.2, 0.25) is 5.02 Å². The van der Waals surface area contributed by atoms with Crippen LogP contribution in [0.25, 0.3) is 10.9 Å². The zero-order chi connectivity index (χ0) is 28.2. The van der Waals surface area contributed by atoms with Gasteiger partial charge in [0, 0.05) is 48.3 Å². The maximum absolute atomic E-state index is 13.3. The first-order chi connectivity index (χ1) is 20.1. The Balaban J connectivity index is 1.09. The van der Waals surface area contributed by atoms with Crippen molar-refractivity contribution in [2.24, 2.45) is 5.92 Å². The van der Waals surface area contributed by atoms with Gasteiger partial charge in [-0.2, -0.15) is 0 Å². The maximum atomic E-state index is 13.3. The van der Waals surface area contributed by atoms with Gasteiger partial charge in [0.05, 0.1) is 18.2 Å². The minimum Gasteiger partial charge on any atom is -0.495 e. The smallest absolute Gasteiger partial charge is 0.253 e. The number of nitrogens with zero attached hydrogens (tertiary/aromatic N) is 2. The number of hydrogen-bond acceptors (Lipinski definition) is 3. The first-order valence-electron chi connectivity index (χ1n) is 15.1. The number of rotatable bonds is 11. The first kappa shape index (κ1) is 27.9. The predicted molar refractivity (Wildman–Crippen MR) is 167 cm³/mol. The monoisotopic (exact) mass is 569 g/mol. The van der Waals surface area contributed by atoms with Crippen LogP contribution in [0.5, 0.6) is 5.75 Å². The topological polar surface area (TPSA) is 46.5 Å². The highest BCUT2D eigenvalue weighted by Crippen LogP contribution is 2.40. The molecular weight excluding hydrogens is 530 g/mol. The number of aromatic nitrogens is 1. The van der Waals surface area contributed by atoms with Crippen molar-refractivity contribution in [3.8, 4) is 5.75 Å². The van der Waals surface area contributed by atoms with E-state index in [1.54, 1.807) is 7.11 Å². The number of aryl methyl sites for hydroxylation is 2. The number of carbonyl (C=O) groups is 1. The molecule has 1 amide bonds. The van der Waals surface area contributed by atoms with Crippen molar-refractivity contribution >= 4 is 28.4 Å². The van der Waals surface area contributed by atoms with Gasteiger partial charge in [-0.15, -0.1) is 0 Å². The number of fused-ring (bicyclic) bond motifs is 3. The third-order valence-corrected chi connectivity index (χ3v) is 9.38. The van der Waals surface area contributed by atoms with Gasteiger partial charge in [-0.05, 0) is 80.2 Å². The lowest BCUT2D eigenvalue weighted by Gasteiger charge is -2.39. The zero-order valence-corrected chi connectivity index (χ0v) is 24.7. The number of benzene rings is 3. The van der Waals surface area contributed by atoms with Gasteiger partial charge < -0.3 is 14.6 Å². The van der Waals surface area contributed by atoms with E-state index in [9.17, 15) is 4.79 Å². The lowest BCUT2D eigenvalue weighted by atomic mass is 9.86. The molecule has 0 aliphatic carbocycles. The van der Waals surface area contributed by atoms with Crippen LogP contribution >= 0.6 is 11.6 Å². The Morgan fingerprint density at radius 1 is 0.951 bits per heavy atom. The molecule has 0 saturated carbocycles. The van der Waals surface area contributed by atoms with Gasteiger partial charge in [-0.1, -0.05) is 66.2 Å². The number of amides is 1. The van der Waals surface area contributed by atoms with E-state index in [1.165, 1.54) is 44.1 Å². The Bertz CT molecular complexity index is 1470. The summed E-state index contributed by atoms with van der Waals surface area (Å²) in [6, 6.07) is 25.9. The standard InChI is InChI=1S/C35H40ClN3O2/c1-41-33-13-6-12-31-32(35(40)37-23-27-10-5-11-28(36)20-27)24-38(34(31)33)18-7-19-39-29-16-17-30(39)22-26(21-29)15-14-25-8-3-2-4-9-25/h2-6,8-13,20,24,26,29-30H,7,14-19,21-23H2,1H3,(H,37,40)/t26-,29+,30-. The number of para-hydroxylation sites is 1. The van der Waals surface area contributed by atoms with Crippen LogP contribution in [-0.4, -0.2) is 41.1 Å². The molecule has 214 valence electrons. The molecule has 0 radical (unpaired) electrons. The number of ether oxygens (including phenoxy) is 1. The van der Waals surface area contributed by atoms with Crippen molar-refractivity contribution in [2.75, 3.05) is 13.7 Å². The number of methoxy groups -OCH3 is 1. The summed E-state index contributed by atoms with van der Waals surface area (Å²) in [6.45, 7) is 2.39. The summed E-state index contributed by atoms with van der Waals surface area (Å²) in [7, 11) is 1.70. The molecule has 2 saturated heterocycles. The predicted octanol–water partition coefficient (Wildman–Crippen LogP) is 7.50. The van der Waals surface area contributed by atoms with Crippen molar-refractivity contribution in [3.05, 3.63) is 101 Å². The number of carbonyl (C=O) groups excluding carboxylic acids is 1. The van der Waals surface area contributed by atoms with Gasteiger partial charge in [0.25, 0.3) is 5.91 Å². The Labute approximate surface area is 248 Å². The maximum Gasteiger partial charge on any atom is 0.253 e. The summed E-state index contributed by atoms with van der Waals surface area (Å²) in [5.41, 5.74) is 4.12. The van der Waals surface area contributed by atoms with E-state index >= 15 is 0 Å². The van der Waals surface area contributed by atoms with Crippen molar-refractivity contribution in [2.45, 2.75) is 70.1 Å². The molecule has 4 aromatic rings. The molecular formula is C35H40ClN3O2. The van der Waals surface area contributed by atoms with Crippen molar-refractivity contribution in [1.29, 1.82) is 0 Å². The van der Waals surface area contributed by atoms with Gasteiger partial charge in [0.15, 0.2) is 0 Å². The highest BCUT2D eigenvalue weighted by Gasteiger charge is 2.39. The van der Waals surface area contributed by atoms with Crippen LogP contribution in [-0.2, 0) is 19.5 Å². The van der Waals surface area contributed by atoms with E-state index in [0.29, 0.717) is 17.1 Å². The second-order valence-corrected chi connectivity index (χ2v) is 12.2. The fraction of sp³-hybridized carbons (Fsp3) is 0.400. The Morgan fingerprint density at radius 2 is 1.71 bits per heavy atom. The molecule has 41 heavy (non-hydrogen) atoms. The molecule has 6 rings (SSSR count). The first-order valence-corrected chi connectivity index (χ1v) is 15.4. The fourth-order valence-corrected chi connectivity index (χ4v) is 7.41. The second kappa shape index (κ2) is 12.7. The average Bonchev–Trinajstić information content (AvgIpc) is 3.48. The minimum absolute atomic E-state index is 0.0856. The summed E-state index contributed by atoms with van der Waals surface area (Å²) < 4.78 is 7.95. The summed E-state index contributed by atoms with van der Waals surface area (Å²) in [6.07, 6.45) is 10.9. The van der Waals surface area contributed by atoms with Gasteiger partial charge in [-0.25, -0.2) is 0 Å². The van der Waals surface area contributed by atoms with Crippen molar-refractivity contribution in [1.82, 2.24) is 14.8 Å². The third-order valence-electron chi connectivity index (χ3n) is 9.15. The molecule has 2 fully saturated rings. The summed E-state index contributed by atoms with van der Waals surface area (Å²) in [4.78, 5) is 16.1. The summed E-state index contributed by atoms with van der Waals surface area (Å²) in [5.74, 6) is 1.56. The Kier molecular flexibility index (Phi) is 8.64. The molecule has 2 aliphatic heterocycles. The normalized spacial score (nSPS) is 20.4. The van der Waals surface area contributed by atoms with Crippen molar-refractivity contribution in [3.63, 3.8) is 0 Å². The molecule has 2 bridgehead atoms. The molecule has 2 aliphatic rings. The van der Waals surface area contributed by atoms with E-state index in [4.69, 9.17) is 16.3 Å². The van der Waals surface area contributed by atoms with Gasteiger partial charge in [-0.3, -0.25) is 9.69 Å². The molecule has 5 nitrogen and oxygen atoms in total. The minimum atomic E-state index is -0.0856. The molecule has 0 unspecified atom stereocenters.